The van der Waals surface area contributed by atoms with Gasteiger partial charge in [0.2, 0.25) is 0 Å². The lowest BCUT2D eigenvalue weighted by atomic mass is 10.1. The van der Waals surface area contributed by atoms with Crippen molar-refractivity contribution in [3.05, 3.63) is 66.9 Å². The topological polar surface area (TPSA) is 69.7 Å². The van der Waals surface area contributed by atoms with E-state index >= 15 is 0 Å². The molecule has 2 aromatic carbocycles. The second-order valence-electron chi connectivity index (χ2n) is 6.25. The number of hydrogen-bond donors (Lipinski definition) is 2. The molecular weight excluding hydrogens is 372 g/mol. The predicted molar refractivity (Wildman–Crippen MR) is 116 cm³/mol. The van der Waals surface area contributed by atoms with E-state index in [2.05, 4.69) is 5.32 Å². The summed E-state index contributed by atoms with van der Waals surface area (Å²) in [7, 11) is 0. The van der Waals surface area contributed by atoms with Crippen molar-refractivity contribution < 1.29 is 13.9 Å². The van der Waals surface area contributed by atoms with Gasteiger partial charge in [-0.15, -0.1) is 0 Å². The normalized spacial score (nSPS) is 10.4. The van der Waals surface area contributed by atoms with Crippen LogP contribution in [0.5, 0.6) is 11.5 Å². The van der Waals surface area contributed by atoms with E-state index in [4.69, 9.17) is 31.8 Å². The first-order valence-corrected chi connectivity index (χ1v) is 9.68. The van der Waals surface area contributed by atoms with E-state index < -0.39 is 0 Å². The number of thiocarbonyl (C=S) groups is 1. The first-order valence-electron chi connectivity index (χ1n) is 9.27. The maximum Gasteiger partial charge on any atom is 0.168 e. The van der Waals surface area contributed by atoms with Gasteiger partial charge in [-0.05, 0) is 67.9 Å². The molecule has 0 atom stereocenters. The molecule has 0 amide bonds. The highest BCUT2D eigenvalue weighted by atomic mass is 32.1. The molecule has 0 radical (unpaired) electrons. The van der Waals surface area contributed by atoms with Gasteiger partial charge in [0.15, 0.2) is 5.11 Å². The fourth-order valence-corrected chi connectivity index (χ4v) is 2.90. The Morgan fingerprint density at radius 3 is 2.54 bits per heavy atom. The Hall–Kier alpha value is -2.99. The summed E-state index contributed by atoms with van der Waals surface area (Å²) in [4.78, 5) is 0. The van der Waals surface area contributed by atoms with Crippen LogP contribution in [0, 0.1) is 0 Å². The molecule has 1 heterocycles. The van der Waals surface area contributed by atoms with Crippen molar-refractivity contribution in [2.45, 2.75) is 19.3 Å². The van der Waals surface area contributed by atoms with Crippen molar-refractivity contribution in [1.29, 1.82) is 0 Å². The van der Waals surface area contributed by atoms with Gasteiger partial charge < -0.3 is 24.9 Å². The number of hydrogen-bond acceptors (Lipinski definition) is 4. The third-order valence-electron chi connectivity index (χ3n) is 4.09. The van der Waals surface area contributed by atoms with Gasteiger partial charge in [0.05, 0.1) is 25.0 Å². The Kier molecular flexibility index (Phi) is 7.32. The molecule has 3 aromatic rings. The molecule has 3 N–H and O–H groups in total. The predicted octanol–water partition coefficient (Wildman–Crippen LogP) is 5.23. The fourth-order valence-electron chi connectivity index (χ4n) is 2.79. The second-order valence-corrected chi connectivity index (χ2v) is 6.69. The zero-order valence-corrected chi connectivity index (χ0v) is 16.4. The van der Waals surface area contributed by atoms with Crippen LogP contribution in [0.15, 0.2) is 71.3 Å². The summed E-state index contributed by atoms with van der Waals surface area (Å²) in [6, 6.07) is 19.3. The molecule has 0 aliphatic heterocycles. The number of nitrogens with two attached hydrogens (primary N) is 1. The van der Waals surface area contributed by atoms with Gasteiger partial charge in [-0.25, -0.2) is 0 Å². The zero-order chi connectivity index (χ0) is 19.6. The molecule has 0 unspecified atom stereocenters. The molecule has 0 spiro atoms. The first-order chi connectivity index (χ1) is 13.7. The van der Waals surface area contributed by atoms with Gasteiger partial charge in [0.25, 0.3) is 0 Å². The molecule has 28 heavy (non-hydrogen) atoms. The Morgan fingerprint density at radius 1 is 0.929 bits per heavy atom. The Balaban J connectivity index is 1.36. The van der Waals surface area contributed by atoms with E-state index in [1.165, 1.54) is 0 Å². The summed E-state index contributed by atoms with van der Waals surface area (Å²) in [6.07, 6.45) is 4.60. The number of para-hydroxylation sites is 1. The molecule has 0 aliphatic carbocycles. The van der Waals surface area contributed by atoms with Crippen molar-refractivity contribution in [2.24, 2.45) is 5.73 Å². The molecule has 0 bridgehead atoms. The van der Waals surface area contributed by atoms with E-state index in [9.17, 15) is 0 Å². The van der Waals surface area contributed by atoms with E-state index in [-0.39, 0.29) is 5.11 Å². The first kappa shape index (κ1) is 19.8. The highest BCUT2D eigenvalue weighted by molar-refractivity contribution is 7.80. The highest BCUT2D eigenvalue weighted by Crippen LogP contribution is 2.30. The molecule has 0 fully saturated rings. The standard InChI is InChI=1S/C22H24N2O3S/c23-22(28)24-17-8-6-9-18(16-17)25-13-4-1-5-14-26-20-11-3-2-10-19(20)21-12-7-15-27-21/h2-3,6-12,15-16H,1,4-5,13-14H2,(H3,23,24,28). The molecular formula is C22H24N2O3S. The average molecular weight is 397 g/mol. The van der Waals surface area contributed by atoms with Crippen LogP contribution in [0.1, 0.15) is 19.3 Å². The smallest absolute Gasteiger partial charge is 0.168 e. The van der Waals surface area contributed by atoms with Crippen LogP contribution in [-0.2, 0) is 0 Å². The number of rotatable bonds is 10. The lowest BCUT2D eigenvalue weighted by molar-refractivity contribution is 0.280. The van der Waals surface area contributed by atoms with Crippen molar-refractivity contribution >= 4 is 23.0 Å². The Morgan fingerprint density at radius 2 is 1.75 bits per heavy atom. The number of benzene rings is 2. The second kappa shape index (κ2) is 10.4. The van der Waals surface area contributed by atoms with Crippen molar-refractivity contribution in [2.75, 3.05) is 18.5 Å². The highest BCUT2D eigenvalue weighted by Gasteiger charge is 2.07. The molecule has 6 heteroatoms. The Labute approximate surface area is 170 Å². The quantitative estimate of drug-likeness (QED) is 0.361. The third kappa shape index (κ3) is 6.03. The fraction of sp³-hybridized carbons (Fsp3) is 0.227. The SMILES string of the molecule is NC(=S)Nc1cccc(OCCCCCOc2ccccc2-c2ccco2)c1. The van der Waals surface area contributed by atoms with E-state index in [1.807, 2.05) is 60.7 Å². The van der Waals surface area contributed by atoms with Gasteiger partial charge in [0, 0.05) is 11.8 Å². The minimum atomic E-state index is 0.241. The Bertz CT molecular complexity index is 881. The van der Waals surface area contributed by atoms with Gasteiger partial charge >= 0.3 is 0 Å². The summed E-state index contributed by atoms with van der Waals surface area (Å²) in [5.74, 6) is 2.46. The maximum atomic E-state index is 5.95. The minimum Gasteiger partial charge on any atom is -0.494 e. The van der Waals surface area contributed by atoms with Crippen molar-refractivity contribution in [3.63, 3.8) is 0 Å². The van der Waals surface area contributed by atoms with Crippen LogP contribution < -0.4 is 20.5 Å². The average Bonchev–Trinajstić information content (AvgIpc) is 3.22. The van der Waals surface area contributed by atoms with Crippen LogP contribution in [0.25, 0.3) is 11.3 Å². The molecule has 1 aromatic heterocycles. The molecule has 0 saturated heterocycles. The van der Waals surface area contributed by atoms with Crippen LogP contribution in [0.3, 0.4) is 0 Å². The van der Waals surface area contributed by atoms with Crippen LogP contribution in [0.4, 0.5) is 5.69 Å². The summed E-state index contributed by atoms with van der Waals surface area (Å²) >= 11 is 4.84. The van der Waals surface area contributed by atoms with Crippen LogP contribution >= 0.6 is 12.2 Å². The summed E-state index contributed by atoms with van der Waals surface area (Å²) in [5.41, 5.74) is 7.28. The number of ether oxygens (including phenoxy) is 2. The van der Waals surface area contributed by atoms with Crippen molar-refractivity contribution in [3.8, 4) is 22.8 Å². The van der Waals surface area contributed by atoms with Gasteiger partial charge in [-0.2, -0.15) is 0 Å². The summed E-state index contributed by atoms with van der Waals surface area (Å²) in [5, 5.41) is 3.14. The van der Waals surface area contributed by atoms with Gasteiger partial charge in [-0.1, -0.05) is 18.2 Å². The summed E-state index contributed by atoms with van der Waals surface area (Å²) < 4.78 is 17.2. The zero-order valence-electron chi connectivity index (χ0n) is 15.6. The summed E-state index contributed by atoms with van der Waals surface area (Å²) in [6.45, 7) is 1.31. The largest absolute Gasteiger partial charge is 0.494 e. The number of unbranched alkanes of at least 4 members (excludes halogenated alkanes) is 2. The van der Waals surface area contributed by atoms with Crippen LogP contribution in [-0.4, -0.2) is 18.3 Å². The van der Waals surface area contributed by atoms with Gasteiger partial charge in [0.1, 0.15) is 17.3 Å². The molecule has 0 saturated carbocycles. The monoisotopic (exact) mass is 396 g/mol. The molecule has 5 nitrogen and oxygen atoms in total. The third-order valence-corrected chi connectivity index (χ3v) is 4.19. The maximum absolute atomic E-state index is 5.95. The van der Waals surface area contributed by atoms with Crippen molar-refractivity contribution in [1.82, 2.24) is 0 Å². The van der Waals surface area contributed by atoms with E-state index in [0.29, 0.717) is 13.2 Å². The molecule has 3 rings (SSSR count). The number of anilines is 1. The number of furan rings is 1. The minimum absolute atomic E-state index is 0.241. The van der Waals surface area contributed by atoms with Crippen LogP contribution in [0.2, 0.25) is 0 Å². The molecule has 146 valence electrons. The van der Waals surface area contributed by atoms with E-state index in [0.717, 1.165) is 47.8 Å². The van der Waals surface area contributed by atoms with Gasteiger partial charge in [-0.3, -0.25) is 0 Å². The molecule has 0 aliphatic rings. The number of nitrogens with one attached hydrogen (secondary N) is 1. The lowest BCUT2D eigenvalue weighted by Crippen LogP contribution is -2.18. The lowest BCUT2D eigenvalue weighted by Gasteiger charge is -2.11. The van der Waals surface area contributed by atoms with E-state index in [1.54, 1.807) is 6.26 Å².